The normalized spacial score (nSPS) is 20.1. The zero-order valence-corrected chi connectivity index (χ0v) is 14.1. The summed E-state index contributed by atoms with van der Waals surface area (Å²) in [5, 5.41) is 8.70. The third-order valence-electron chi connectivity index (χ3n) is 5.16. The Hall–Kier alpha value is -2.08. The molecule has 1 saturated heterocycles. The second-order valence-electron chi connectivity index (χ2n) is 6.52. The number of rotatable bonds is 4. The molecule has 6 nitrogen and oxygen atoms in total. The molecule has 0 saturated carbocycles. The first-order valence-corrected chi connectivity index (χ1v) is 8.54. The van der Waals surface area contributed by atoms with Gasteiger partial charge < -0.3 is 18.6 Å². The summed E-state index contributed by atoms with van der Waals surface area (Å²) in [4.78, 5) is 0. The van der Waals surface area contributed by atoms with E-state index in [0.29, 0.717) is 25.0 Å². The first-order chi connectivity index (χ1) is 11.7. The quantitative estimate of drug-likeness (QED) is 0.856. The van der Waals surface area contributed by atoms with E-state index in [-0.39, 0.29) is 18.1 Å². The van der Waals surface area contributed by atoms with Crippen LogP contribution in [0.4, 0.5) is 0 Å². The van der Waals surface area contributed by atoms with Crippen LogP contribution in [0.3, 0.4) is 0 Å². The monoisotopic (exact) mass is 330 g/mol. The van der Waals surface area contributed by atoms with Gasteiger partial charge in [0.05, 0.1) is 5.41 Å². The fourth-order valence-corrected chi connectivity index (χ4v) is 3.34. The Labute approximate surface area is 141 Å². The first-order valence-electron chi connectivity index (χ1n) is 8.54. The van der Waals surface area contributed by atoms with E-state index >= 15 is 0 Å². The van der Waals surface area contributed by atoms with Crippen molar-refractivity contribution >= 4 is 0 Å². The number of fused-ring (bicyclic) bond motifs is 1. The molecule has 1 aromatic heterocycles. The van der Waals surface area contributed by atoms with Crippen molar-refractivity contribution in [2.24, 2.45) is 0 Å². The SMILES string of the molecule is CC[C@H](C)c1nnc(C2(c3ccc4c(c3)OCO4)CCOCC2)o1. The van der Waals surface area contributed by atoms with E-state index in [1.807, 2.05) is 12.1 Å². The zero-order valence-electron chi connectivity index (χ0n) is 14.1. The Balaban J connectivity index is 1.76. The molecule has 0 amide bonds. The van der Waals surface area contributed by atoms with Crippen LogP contribution in [0.5, 0.6) is 11.5 Å². The fraction of sp³-hybridized carbons (Fsp3) is 0.556. The van der Waals surface area contributed by atoms with Gasteiger partial charge in [-0.1, -0.05) is 19.9 Å². The molecule has 2 aliphatic heterocycles. The maximum Gasteiger partial charge on any atom is 0.231 e. The maximum absolute atomic E-state index is 6.10. The standard InChI is InChI=1S/C18H22N2O4/c1-3-12(2)16-19-20-17(24-16)18(6-8-21-9-7-18)13-4-5-14-15(10-13)23-11-22-14/h4-5,10,12H,3,6-9,11H2,1-2H3/t12-/m0/s1. The predicted octanol–water partition coefficient (Wildman–Crippen LogP) is 3.41. The van der Waals surface area contributed by atoms with Crippen molar-refractivity contribution in [3.05, 3.63) is 35.5 Å². The molecule has 4 rings (SSSR count). The van der Waals surface area contributed by atoms with Gasteiger partial charge in [0, 0.05) is 19.1 Å². The summed E-state index contributed by atoms with van der Waals surface area (Å²) in [6.07, 6.45) is 2.60. The topological polar surface area (TPSA) is 66.6 Å². The third-order valence-corrected chi connectivity index (χ3v) is 5.16. The summed E-state index contributed by atoms with van der Waals surface area (Å²) in [5.41, 5.74) is 0.798. The van der Waals surface area contributed by atoms with Crippen LogP contribution in [0.15, 0.2) is 22.6 Å². The predicted molar refractivity (Wildman–Crippen MR) is 86.4 cm³/mol. The third kappa shape index (κ3) is 2.45. The van der Waals surface area contributed by atoms with Crippen LogP contribution in [0.1, 0.15) is 56.4 Å². The number of benzene rings is 1. The van der Waals surface area contributed by atoms with Gasteiger partial charge in [-0.15, -0.1) is 10.2 Å². The van der Waals surface area contributed by atoms with Gasteiger partial charge in [0.1, 0.15) is 0 Å². The molecule has 0 N–H and O–H groups in total. The van der Waals surface area contributed by atoms with Crippen LogP contribution < -0.4 is 9.47 Å². The van der Waals surface area contributed by atoms with E-state index in [1.54, 1.807) is 0 Å². The molecule has 1 atom stereocenters. The molecule has 0 unspecified atom stereocenters. The lowest BCUT2D eigenvalue weighted by atomic mass is 9.74. The summed E-state index contributed by atoms with van der Waals surface area (Å²) in [6.45, 7) is 5.85. The van der Waals surface area contributed by atoms with Crippen LogP contribution in [0.25, 0.3) is 0 Å². The van der Waals surface area contributed by atoms with Gasteiger partial charge in [-0.25, -0.2) is 0 Å². The van der Waals surface area contributed by atoms with Crippen LogP contribution in [0, 0.1) is 0 Å². The summed E-state index contributed by atoms with van der Waals surface area (Å²) in [7, 11) is 0. The zero-order chi connectivity index (χ0) is 16.6. The van der Waals surface area contributed by atoms with Crippen LogP contribution in [-0.4, -0.2) is 30.2 Å². The molecule has 24 heavy (non-hydrogen) atoms. The number of aromatic nitrogens is 2. The average Bonchev–Trinajstić information content (AvgIpc) is 3.30. The summed E-state index contributed by atoms with van der Waals surface area (Å²) in [5.74, 6) is 3.21. The van der Waals surface area contributed by atoms with Gasteiger partial charge in [0.2, 0.25) is 18.6 Å². The minimum absolute atomic E-state index is 0.264. The molecule has 0 spiro atoms. The lowest BCUT2D eigenvalue weighted by Gasteiger charge is -2.34. The van der Waals surface area contributed by atoms with E-state index in [0.717, 1.165) is 36.3 Å². The number of hydrogen-bond donors (Lipinski definition) is 0. The summed E-state index contributed by atoms with van der Waals surface area (Å²) < 4.78 is 22.7. The molecular formula is C18H22N2O4. The van der Waals surface area contributed by atoms with Gasteiger partial charge in [-0.3, -0.25) is 0 Å². The molecule has 128 valence electrons. The van der Waals surface area contributed by atoms with Crippen molar-refractivity contribution in [2.75, 3.05) is 20.0 Å². The molecule has 0 bridgehead atoms. The van der Waals surface area contributed by atoms with Crippen molar-refractivity contribution < 1.29 is 18.6 Å². The molecular weight excluding hydrogens is 308 g/mol. The van der Waals surface area contributed by atoms with Gasteiger partial charge in [-0.05, 0) is 37.0 Å². The number of nitrogens with zero attached hydrogens (tertiary/aromatic N) is 2. The highest BCUT2D eigenvalue weighted by molar-refractivity contribution is 5.48. The van der Waals surface area contributed by atoms with Gasteiger partial charge >= 0.3 is 0 Å². The van der Waals surface area contributed by atoms with Crippen LogP contribution in [-0.2, 0) is 10.2 Å². The molecule has 0 aliphatic carbocycles. The van der Waals surface area contributed by atoms with Gasteiger partial charge in [-0.2, -0.15) is 0 Å². The molecule has 6 heteroatoms. The second-order valence-corrected chi connectivity index (χ2v) is 6.52. The minimum Gasteiger partial charge on any atom is -0.454 e. The largest absolute Gasteiger partial charge is 0.454 e. The summed E-state index contributed by atoms with van der Waals surface area (Å²) >= 11 is 0. The average molecular weight is 330 g/mol. The van der Waals surface area contributed by atoms with Crippen molar-refractivity contribution in [1.82, 2.24) is 10.2 Å². The highest BCUT2D eigenvalue weighted by Gasteiger charge is 2.42. The highest BCUT2D eigenvalue weighted by atomic mass is 16.7. The van der Waals surface area contributed by atoms with Gasteiger partial charge in [0.25, 0.3) is 0 Å². The van der Waals surface area contributed by atoms with E-state index in [9.17, 15) is 0 Å². The lowest BCUT2D eigenvalue weighted by molar-refractivity contribution is 0.0538. The molecule has 0 radical (unpaired) electrons. The number of ether oxygens (including phenoxy) is 3. The van der Waals surface area contributed by atoms with E-state index in [4.69, 9.17) is 18.6 Å². The van der Waals surface area contributed by atoms with E-state index < -0.39 is 0 Å². The Kier molecular flexibility index (Phi) is 3.92. The Morgan fingerprint density at radius 3 is 2.71 bits per heavy atom. The first kappa shape index (κ1) is 15.4. The second kappa shape index (κ2) is 6.09. The fourth-order valence-electron chi connectivity index (χ4n) is 3.34. The highest BCUT2D eigenvalue weighted by Crippen LogP contribution is 2.44. The Bertz CT molecular complexity index is 722. The Morgan fingerprint density at radius 2 is 1.92 bits per heavy atom. The molecule has 2 aliphatic rings. The lowest BCUT2D eigenvalue weighted by Crippen LogP contribution is -2.35. The smallest absolute Gasteiger partial charge is 0.231 e. The Morgan fingerprint density at radius 1 is 1.12 bits per heavy atom. The van der Waals surface area contributed by atoms with Crippen LogP contribution in [0.2, 0.25) is 0 Å². The molecule has 2 aromatic rings. The minimum atomic E-state index is -0.321. The van der Waals surface area contributed by atoms with E-state index in [1.165, 1.54) is 0 Å². The summed E-state index contributed by atoms with van der Waals surface area (Å²) in [6, 6.07) is 6.08. The maximum atomic E-state index is 6.10. The van der Waals surface area contributed by atoms with Crippen molar-refractivity contribution in [2.45, 2.75) is 44.4 Å². The van der Waals surface area contributed by atoms with Crippen molar-refractivity contribution in [3.63, 3.8) is 0 Å². The van der Waals surface area contributed by atoms with Crippen LogP contribution >= 0.6 is 0 Å². The van der Waals surface area contributed by atoms with E-state index in [2.05, 4.69) is 30.1 Å². The van der Waals surface area contributed by atoms with Gasteiger partial charge in [0.15, 0.2) is 11.5 Å². The van der Waals surface area contributed by atoms with Crippen molar-refractivity contribution in [1.29, 1.82) is 0 Å². The molecule has 1 aromatic carbocycles. The number of hydrogen-bond acceptors (Lipinski definition) is 6. The molecule has 3 heterocycles. The molecule has 1 fully saturated rings. The van der Waals surface area contributed by atoms with Crippen molar-refractivity contribution in [3.8, 4) is 11.5 Å².